The predicted octanol–water partition coefficient (Wildman–Crippen LogP) is 1.28. The summed E-state index contributed by atoms with van der Waals surface area (Å²) in [5.74, 6) is 1.13. The van der Waals surface area contributed by atoms with E-state index in [0.717, 1.165) is 18.7 Å². The van der Waals surface area contributed by atoms with E-state index in [1.807, 2.05) is 26.5 Å². The van der Waals surface area contributed by atoms with Crippen LogP contribution in [0.5, 0.6) is 0 Å². The summed E-state index contributed by atoms with van der Waals surface area (Å²) in [7, 11) is 8.37. The minimum absolute atomic E-state index is 0.140. The number of hydrogen-bond acceptors (Lipinski definition) is 3. The molecule has 1 aromatic rings. The molecule has 2 atom stereocenters. The van der Waals surface area contributed by atoms with Crippen molar-refractivity contribution in [3.05, 3.63) is 18.2 Å². The Morgan fingerprint density at radius 1 is 1.53 bits per heavy atom. The van der Waals surface area contributed by atoms with Crippen LogP contribution < -0.4 is 5.32 Å². The molecule has 0 saturated heterocycles. The fourth-order valence-corrected chi connectivity index (χ4v) is 2.28. The van der Waals surface area contributed by atoms with Crippen LogP contribution in [0.3, 0.4) is 0 Å². The lowest BCUT2D eigenvalue weighted by atomic mass is 9.86. The SMILES string of the molecule is CCC(C)(C(Cc1nccn1C)NC)N(C)C. The van der Waals surface area contributed by atoms with Gasteiger partial charge >= 0.3 is 0 Å². The average Bonchev–Trinajstić information content (AvgIpc) is 2.70. The maximum atomic E-state index is 4.42. The van der Waals surface area contributed by atoms with Gasteiger partial charge in [-0.3, -0.25) is 0 Å². The van der Waals surface area contributed by atoms with Crippen molar-refractivity contribution in [1.29, 1.82) is 0 Å². The number of rotatable bonds is 6. The van der Waals surface area contributed by atoms with Crippen LogP contribution in [-0.2, 0) is 13.5 Å². The molecule has 1 rings (SSSR count). The molecule has 4 heteroatoms. The summed E-state index contributed by atoms with van der Waals surface area (Å²) in [5, 5.41) is 3.45. The van der Waals surface area contributed by atoms with Crippen molar-refractivity contribution in [2.45, 2.75) is 38.3 Å². The largest absolute Gasteiger partial charge is 0.338 e. The first-order valence-electron chi connectivity index (χ1n) is 6.26. The minimum atomic E-state index is 0.140. The topological polar surface area (TPSA) is 33.1 Å². The molecule has 0 aromatic carbocycles. The van der Waals surface area contributed by atoms with E-state index in [4.69, 9.17) is 0 Å². The van der Waals surface area contributed by atoms with Gasteiger partial charge in [0.25, 0.3) is 0 Å². The Bertz CT molecular complexity index is 345. The Labute approximate surface area is 105 Å². The molecule has 1 heterocycles. The molecule has 0 aliphatic heterocycles. The van der Waals surface area contributed by atoms with Crippen molar-refractivity contribution in [3.63, 3.8) is 0 Å². The van der Waals surface area contributed by atoms with Gasteiger partial charge in [-0.2, -0.15) is 0 Å². The van der Waals surface area contributed by atoms with Gasteiger partial charge in [0.15, 0.2) is 0 Å². The molecule has 0 spiro atoms. The Morgan fingerprint density at radius 2 is 2.18 bits per heavy atom. The molecule has 0 radical (unpaired) electrons. The summed E-state index contributed by atoms with van der Waals surface area (Å²) in [4.78, 5) is 6.72. The second-order valence-corrected chi connectivity index (χ2v) is 5.10. The summed E-state index contributed by atoms with van der Waals surface area (Å²) in [6.45, 7) is 4.54. The Morgan fingerprint density at radius 3 is 2.53 bits per heavy atom. The molecule has 0 bridgehead atoms. The number of aromatic nitrogens is 2. The van der Waals surface area contributed by atoms with E-state index < -0.39 is 0 Å². The summed E-state index contributed by atoms with van der Waals surface area (Å²) >= 11 is 0. The lowest BCUT2D eigenvalue weighted by Crippen LogP contribution is -2.57. The zero-order chi connectivity index (χ0) is 13.1. The summed E-state index contributed by atoms with van der Waals surface area (Å²) in [6.07, 6.45) is 5.92. The Kier molecular flexibility index (Phi) is 4.71. The molecule has 1 N–H and O–H groups in total. The van der Waals surface area contributed by atoms with E-state index in [9.17, 15) is 0 Å². The molecule has 4 nitrogen and oxygen atoms in total. The lowest BCUT2D eigenvalue weighted by molar-refractivity contribution is 0.115. The molecule has 1 aromatic heterocycles. The Hall–Kier alpha value is -0.870. The van der Waals surface area contributed by atoms with Gasteiger partial charge in [0.2, 0.25) is 0 Å². The summed E-state index contributed by atoms with van der Waals surface area (Å²) in [6, 6.07) is 0.392. The Balaban J connectivity index is 2.88. The van der Waals surface area contributed by atoms with E-state index in [1.165, 1.54) is 0 Å². The molecule has 17 heavy (non-hydrogen) atoms. The van der Waals surface area contributed by atoms with Crippen LogP contribution in [0.2, 0.25) is 0 Å². The van der Waals surface area contributed by atoms with Crippen LogP contribution in [0.15, 0.2) is 12.4 Å². The van der Waals surface area contributed by atoms with Gasteiger partial charge in [-0.05, 0) is 34.5 Å². The van der Waals surface area contributed by atoms with E-state index in [-0.39, 0.29) is 5.54 Å². The first-order valence-corrected chi connectivity index (χ1v) is 6.26. The third kappa shape index (κ3) is 2.87. The monoisotopic (exact) mass is 238 g/mol. The number of likely N-dealkylation sites (N-methyl/N-ethyl adjacent to an activating group) is 2. The molecule has 98 valence electrons. The van der Waals surface area contributed by atoms with Crippen LogP contribution in [0.1, 0.15) is 26.1 Å². The summed E-state index contributed by atoms with van der Waals surface area (Å²) < 4.78 is 2.09. The van der Waals surface area contributed by atoms with Crippen LogP contribution in [0, 0.1) is 0 Å². The van der Waals surface area contributed by atoms with Gasteiger partial charge in [-0.25, -0.2) is 4.98 Å². The molecular formula is C13H26N4. The number of aryl methyl sites for hydroxylation is 1. The van der Waals surface area contributed by atoms with Crippen molar-refractivity contribution in [1.82, 2.24) is 19.8 Å². The molecule has 2 unspecified atom stereocenters. The van der Waals surface area contributed by atoms with Crippen LogP contribution in [0.4, 0.5) is 0 Å². The van der Waals surface area contributed by atoms with Gasteiger partial charge in [0.1, 0.15) is 5.82 Å². The quantitative estimate of drug-likeness (QED) is 0.810. The smallest absolute Gasteiger partial charge is 0.109 e. The van der Waals surface area contributed by atoms with E-state index >= 15 is 0 Å². The molecule has 0 saturated carbocycles. The predicted molar refractivity (Wildman–Crippen MR) is 72.1 cm³/mol. The summed E-state index contributed by atoms with van der Waals surface area (Å²) in [5.41, 5.74) is 0.140. The maximum Gasteiger partial charge on any atom is 0.109 e. The maximum absolute atomic E-state index is 4.42. The van der Waals surface area contributed by atoms with Crippen molar-refractivity contribution < 1.29 is 0 Å². The van der Waals surface area contributed by atoms with Crippen LogP contribution >= 0.6 is 0 Å². The fourth-order valence-electron chi connectivity index (χ4n) is 2.28. The lowest BCUT2D eigenvalue weighted by Gasteiger charge is -2.42. The molecule has 0 fully saturated rings. The van der Waals surface area contributed by atoms with Gasteiger partial charge in [0.05, 0.1) is 0 Å². The second kappa shape index (κ2) is 5.65. The average molecular weight is 238 g/mol. The van der Waals surface area contributed by atoms with Crippen LogP contribution in [0.25, 0.3) is 0 Å². The van der Waals surface area contributed by atoms with Crippen LogP contribution in [-0.4, -0.2) is 47.2 Å². The van der Waals surface area contributed by atoms with E-state index in [2.05, 4.69) is 47.7 Å². The number of nitrogens with one attached hydrogen (secondary N) is 1. The van der Waals surface area contributed by atoms with E-state index in [0.29, 0.717) is 6.04 Å². The van der Waals surface area contributed by atoms with Crippen molar-refractivity contribution in [2.75, 3.05) is 21.1 Å². The number of hydrogen-bond donors (Lipinski definition) is 1. The highest BCUT2D eigenvalue weighted by atomic mass is 15.2. The normalized spacial score (nSPS) is 17.1. The third-order valence-electron chi connectivity index (χ3n) is 4.14. The van der Waals surface area contributed by atoms with Gasteiger partial charge < -0.3 is 14.8 Å². The molecule has 0 aliphatic rings. The van der Waals surface area contributed by atoms with Gasteiger partial charge in [0, 0.05) is 37.4 Å². The van der Waals surface area contributed by atoms with Crippen molar-refractivity contribution in [2.24, 2.45) is 7.05 Å². The first kappa shape index (κ1) is 14.2. The second-order valence-electron chi connectivity index (χ2n) is 5.10. The van der Waals surface area contributed by atoms with Gasteiger partial charge in [-0.1, -0.05) is 6.92 Å². The molecule has 0 amide bonds. The molecule has 0 aliphatic carbocycles. The van der Waals surface area contributed by atoms with Gasteiger partial charge in [-0.15, -0.1) is 0 Å². The molecular weight excluding hydrogens is 212 g/mol. The van der Waals surface area contributed by atoms with Crippen molar-refractivity contribution >= 4 is 0 Å². The minimum Gasteiger partial charge on any atom is -0.338 e. The standard InChI is InChI=1S/C13H26N4/c1-7-13(2,16(4)5)11(14-3)10-12-15-8-9-17(12)6/h8-9,11,14H,7,10H2,1-6H3. The number of nitrogens with zero attached hydrogens (tertiary/aromatic N) is 3. The zero-order valence-corrected chi connectivity index (χ0v) is 12.0. The fraction of sp³-hybridized carbons (Fsp3) is 0.769. The highest BCUT2D eigenvalue weighted by Crippen LogP contribution is 2.23. The highest BCUT2D eigenvalue weighted by Gasteiger charge is 2.34. The zero-order valence-electron chi connectivity index (χ0n) is 12.0. The third-order valence-corrected chi connectivity index (χ3v) is 4.14. The van der Waals surface area contributed by atoms with Crippen molar-refractivity contribution in [3.8, 4) is 0 Å². The first-order chi connectivity index (χ1) is 7.95. The highest BCUT2D eigenvalue weighted by molar-refractivity contribution is 5.02. The van der Waals surface area contributed by atoms with E-state index in [1.54, 1.807) is 0 Å². The number of imidazole rings is 1.